The molecule has 0 radical (unpaired) electrons. The first-order valence-electron chi connectivity index (χ1n) is 7.12. The molecule has 1 atom stereocenters. The summed E-state index contributed by atoms with van der Waals surface area (Å²) in [5.41, 5.74) is 3.12. The number of nitrogens with zero attached hydrogens (tertiary/aromatic N) is 1. The highest BCUT2D eigenvalue weighted by Gasteiger charge is 2.35. The summed E-state index contributed by atoms with van der Waals surface area (Å²) in [4.78, 5) is 14.7. The molecule has 2 aliphatic heterocycles. The number of benzene rings is 1. The average Bonchev–Trinajstić information content (AvgIpc) is 2.78. The molecule has 0 aromatic heterocycles. The van der Waals surface area contributed by atoms with Gasteiger partial charge in [-0.3, -0.25) is 9.69 Å². The molecule has 2 aliphatic rings. The van der Waals surface area contributed by atoms with Gasteiger partial charge in [-0.2, -0.15) is 0 Å². The van der Waals surface area contributed by atoms with Gasteiger partial charge >= 0.3 is 0 Å². The smallest absolute Gasteiger partial charge is 0.233 e. The number of nitrogens with one attached hydrogen (secondary N) is 2. The third-order valence-electron chi connectivity index (χ3n) is 4.21. The van der Waals surface area contributed by atoms with Crippen molar-refractivity contribution in [1.82, 2.24) is 10.2 Å². The van der Waals surface area contributed by atoms with Crippen LogP contribution in [0.4, 0.5) is 5.69 Å². The van der Waals surface area contributed by atoms with Crippen LogP contribution in [-0.4, -0.2) is 50.6 Å². The van der Waals surface area contributed by atoms with Gasteiger partial charge in [-0.25, -0.2) is 0 Å². The number of aryl methyl sites for hydroxylation is 1. The summed E-state index contributed by atoms with van der Waals surface area (Å²) < 4.78 is 5.36. The molecule has 1 amide bonds. The number of fused-ring (bicyclic) bond motifs is 1. The molecule has 5 heteroatoms. The first kappa shape index (κ1) is 13.4. The molecule has 5 nitrogen and oxygen atoms in total. The first-order valence-corrected chi connectivity index (χ1v) is 7.12. The van der Waals surface area contributed by atoms with Crippen molar-refractivity contribution in [2.24, 2.45) is 0 Å². The van der Waals surface area contributed by atoms with E-state index in [0.717, 1.165) is 55.3 Å². The minimum absolute atomic E-state index is 0.0850. The lowest BCUT2D eigenvalue weighted by Crippen LogP contribution is -2.45. The van der Waals surface area contributed by atoms with E-state index in [9.17, 15) is 4.79 Å². The molecule has 2 N–H and O–H groups in total. The van der Waals surface area contributed by atoms with Gasteiger partial charge in [-0.1, -0.05) is 6.07 Å². The van der Waals surface area contributed by atoms with Crippen LogP contribution < -0.4 is 15.4 Å². The van der Waals surface area contributed by atoms with Crippen molar-refractivity contribution in [3.05, 3.63) is 23.3 Å². The minimum Gasteiger partial charge on any atom is -0.495 e. The van der Waals surface area contributed by atoms with Crippen molar-refractivity contribution >= 4 is 11.6 Å². The van der Waals surface area contributed by atoms with Gasteiger partial charge in [0, 0.05) is 32.7 Å². The van der Waals surface area contributed by atoms with Crippen LogP contribution in [0.3, 0.4) is 0 Å². The van der Waals surface area contributed by atoms with E-state index < -0.39 is 0 Å². The van der Waals surface area contributed by atoms with Crippen molar-refractivity contribution in [1.29, 1.82) is 0 Å². The third-order valence-corrected chi connectivity index (χ3v) is 4.21. The number of piperazine rings is 1. The summed E-state index contributed by atoms with van der Waals surface area (Å²) in [7, 11) is 1.64. The molecule has 1 aromatic rings. The van der Waals surface area contributed by atoms with Crippen LogP contribution in [0, 0.1) is 6.92 Å². The maximum Gasteiger partial charge on any atom is 0.233 e. The summed E-state index contributed by atoms with van der Waals surface area (Å²) >= 11 is 0. The zero-order valence-corrected chi connectivity index (χ0v) is 12.0. The fourth-order valence-corrected chi connectivity index (χ4v) is 3.12. The highest BCUT2D eigenvalue weighted by molar-refractivity contribution is 6.05. The molecule has 20 heavy (non-hydrogen) atoms. The number of carbonyl (C=O) groups is 1. The molecule has 1 saturated heterocycles. The molecule has 0 spiro atoms. The van der Waals surface area contributed by atoms with E-state index in [1.165, 1.54) is 0 Å². The number of amides is 1. The average molecular weight is 275 g/mol. The second-order valence-electron chi connectivity index (χ2n) is 5.47. The highest BCUT2D eigenvalue weighted by atomic mass is 16.5. The van der Waals surface area contributed by atoms with Crippen LogP contribution >= 0.6 is 0 Å². The molecule has 3 rings (SSSR count). The monoisotopic (exact) mass is 275 g/mol. The number of carbonyl (C=O) groups excluding carboxylic acids is 1. The predicted molar refractivity (Wildman–Crippen MR) is 78.4 cm³/mol. The molecule has 0 saturated carbocycles. The van der Waals surface area contributed by atoms with Gasteiger partial charge in [-0.05, 0) is 24.1 Å². The molecule has 1 unspecified atom stereocenters. The second-order valence-corrected chi connectivity index (χ2v) is 5.47. The lowest BCUT2D eigenvalue weighted by Gasteiger charge is -2.29. The lowest BCUT2D eigenvalue weighted by atomic mass is 9.95. The lowest BCUT2D eigenvalue weighted by molar-refractivity contribution is -0.117. The van der Waals surface area contributed by atoms with Crippen LogP contribution in [0.2, 0.25) is 0 Å². The summed E-state index contributed by atoms with van der Waals surface area (Å²) in [6.45, 7) is 6.85. The molecule has 108 valence electrons. The van der Waals surface area contributed by atoms with Crippen LogP contribution in [0.15, 0.2) is 12.1 Å². The second kappa shape index (κ2) is 5.42. The summed E-state index contributed by atoms with van der Waals surface area (Å²) in [6, 6.07) is 3.95. The third kappa shape index (κ3) is 2.27. The standard InChI is InChI=1S/C15H21N3O2/c1-10-3-4-12(20-2)14-13(10)11(15(19)17-14)9-18-7-5-16-6-8-18/h3-4,11,16H,5-9H2,1-2H3,(H,17,19). The summed E-state index contributed by atoms with van der Waals surface area (Å²) in [6.07, 6.45) is 0. The van der Waals surface area contributed by atoms with E-state index in [0.29, 0.717) is 0 Å². The number of anilines is 1. The fourth-order valence-electron chi connectivity index (χ4n) is 3.12. The topological polar surface area (TPSA) is 53.6 Å². The van der Waals surface area contributed by atoms with Crippen LogP contribution in [0.1, 0.15) is 17.0 Å². The zero-order chi connectivity index (χ0) is 14.1. The number of hydrogen-bond acceptors (Lipinski definition) is 4. The molecule has 1 aromatic carbocycles. The predicted octanol–water partition coefficient (Wildman–Crippen LogP) is 0.945. The number of methoxy groups -OCH3 is 1. The molecule has 2 heterocycles. The zero-order valence-electron chi connectivity index (χ0n) is 12.0. The van der Waals surface area contributed by atoms with Gasteiger partial charge < -0.3 is 15.4 Å². The van der Waals surface area contributed by atoms with E-state index in [1.54, 1.807) is 7.11 Å². The van der Waals surface area contributed by atoms with E-state index in [-0.39, 0.29) is 11.8 Å². The van der Waals surface area contributed by atoms with Crippen LogP contribution in [-0.2, 0) is 4.79 Å². The Kier molecular flexibility index (Phi) is 3.63. The van der Waals surface area contributed by atoms with Crippen LogP contribution in [0.5, 0.6) is 5.75 Å². The highest BCUT2D eigenvalue weighted by Crippen LogP contribution is 2.41. The van der Waals surface area contributed by atoms with Gasteiger partial charge in [-0.15, -0.1) is 0 Å². The van der Waals surface area contributed by atoms with Crippen molar-refractivity contribution in [2.75, 3.05) is 45.2 Å². The maximum absolute atomic E-state index is 12.3. The molecule has 0 bridgehead atoms. The van der Waals surface area contributed by atoms with Crippen molar-refractivity contribution in [2.45, 2.75) is 12.8 Å². The van der Waals surface area contributed by atoms with Crippen LogP contribution in [0.25, 0.3) is 0 Å². The Labute approximate surface area is 119 Å². The largest absolute Gasteiger partial charge is 0.495 e. The molecular formula is C15H21N3O2. The van der Waals surface area contributed by atoms with E-state index in [4.69, 9.17) is 4.74 Å². The Bertz CT molecular complexity index is 524. The Balaban J connectivity index is 1.88. The normalized spacial score (nSPS) is 22.5. The molecule has 0 aliphatic carbocycles. The number of rotatable bonds is 3. The Morgan fingerprint density at radius 3 is 2.80 bits per heavy atom. The van der Waals surface area contributed by atoms with Gasteiger partial charge in [0.05, 0.1) is 18.7 Å². The van der Waals surface area contributed by atoms with Crippen molar-refractivity contribution < 1.29 is 9.53 Å². The van der Waals surface area contributed by atoms with Crippen molar-refractivity contribution in [3.63, 3.8) is 0 Å². The fraction of sp³-hybridized carbons (Fsp3) is 0.533. The van der Waals surface area contributed by atoms with Crippen molar-refractivity contribution in [3.8, 4) is 5.75 Å². The van der Waals surface area contributed by atoms with Gasteiger partial charge in [0.15, 0.2) is 0 Å². The van der Waals surface area contributed by atoms with Gasteiger partial charge in [0.25, 0.3) is 0 Å². The van der Waals surface area contributed by atoms with Gasteiger partial charge in [0.2, 0.25) is 5.91 Å². The SMILES string of the molecule is COc1ccc(C)c2c1NC(=O)C2CN1CCNCC1. The van der Waals surface area contributed by atoms with E-state index in [1.807, 2.05) is 12.1 Å². The summed E-state index contributed by atoms with van der Waals surface area (Å²) in [5.74, 6) is 0.756. The molecule has 1 fully saturated rings. The Morgan fingerprint density at radius 1 is 1.35 bits per heavy atom. The number of hydrogen-bond donors (Lipinski definition) is 2. The first-order chi connectivity index (χ1) is 9.70. The minimum atomic E-state index is -0.0850. The van der Waals surface area contributed by atoms with E-state index >= 15 is 0 Å². The maximum atomic E-state index is 12.3. The Hall–Kier alpha value is -1.59. The summed E-state index contributed by atoms with van der Waals surface area (Å²) in [5, 5.41) is 6.33. The van der Waals surface area contributed by atoms with E-state index in [2.05, 4.69) is 22.5 Å². The number of ether oxygens (including phenoxy) is 1. The van der Waals surface area contributed by atoms with Gasteiger partial charge in [0.1, 0.15) is 5.75 Å². The molecular weight excluding hydrogens is 254 g/mol. The quantitative estimate of drug-likeness (QED) is 0.862. The Morgan fingerprint density at radius 2 is 2.10 bits per heavy atom.